The number of nitrogens with zero attached hydrogens (tertiary/aromatic N) is 1. The van der Waals surface area contributed by atoms with Crippen molar-refractivity contribution in [2.24, 2.45) is 0 Å². The Balaban J connectivity index is 2.00. The van der Waals surface area contributed by atoms with Crippen molar-refractivity contribution in [3.05, 3.63) is 59.2 Å². The first kappa shape index (κ1) is 12.9. The van der Waals surface area contributed by atoms with Crippen LogP contribution in [-0.2, 0) is 0 Å². The fourth-order valence-corrected chi connectivity index (χ4v) is 2.40. The Morgan fingerprint density at radius 2 is 1.65 bits per heavy atom. The zero-order valence-electron chi connectivity index (χ0n) is 10.8. The predicted molar refractivity (Wildman–Crippen MR) is 81.6 cm³/mol. The third kappa shape index (κ3) is 2.47. The number of benzene rings is 2. The van der Waals surface area contributed by atoms with E-state index in [1.165, 1.54) is 0 Å². The molecule has 0 amide bonds. The highest BCUT2D eigenvalue weighted by Crippen LogP contribution is 2.33. The molecule has 0 aliphatic carbocycles. The molecule has 100 valence electrons. The number of methoxy groups -OCH3 is 1. The van der Waals surface area contributed by atoms with E-state index in [9.17, 15) is 0 Å². The van der Waals surface area contributed by atoms with E-state index < -0.39 is 0 Å². The Morgan fingerprint density at radius 3 is 2.30 bits per heavy atom. The molecule has 1 heterocycles. The molecule has 0 aliphatic heterocycles. The van der Waals surface area contributed by atoms with Crippen molar-refractivity contribution in [3.63, 3.8) is 0 Å². The van der Waals surface area contributed by atoms with Gasteiger partial charge in [-0.15, -0.1) is 0 Å². The molecule has 0 saturated carbocycles. The molecule has 0 aliphatic rings. The summed E-state index contributed by atoms with van der Waals surface area (Å²) in [6.45, 7) is 0. The number of hydrogen-bond donors (Lipinski definition) is 0. The molecule has 2 aromatic carbocycles. The van der Waals surface area contributed by atoms with Crippen LogP contribution in [-0.4, -0.2) is 12.1 Å². The minimum absolute atomic E-state index is 0.582. The van der Waals surface area contributed by atoms with Gasteiger partial charge in [-0.3, -0.25) is 0 Å². The Labute approximate surface area is 125 Å². The van der Waals surface area contributed by atoms with E-state index in [0.717, 1.165) is 22.6 Å². The molecule has 0 saturated heterocycles. The van der Waals surface area contributed by atoms with Gasteiger partial charge in [0.25, 0.3) is 0 Å². The van der Waals surface area contributed by atoms with E-state index in [4.69, 9.17) is 9.15 Å². The third-order valence-corrected chi connectivity index (χ3v) is 3.50. The normalized spacial score (nSPS) is 10.5. The molecular weight excluding hydrogens is 318 g/mol. The van der Waals surface area contributed by atoms with Gasteiger partial charge in [-0.1, -0.05) is 30.3 Å². The summed E-state index contributed by atoms with van der Waals surface area (Å²) in [6.07, 6.45) is 0. The van der Waals surface area contributed by atoms with E-state index in [1.54, 1.807) is 7.11 Å². The lowest BCUT2D eigenvalue weighted by Gasteiger charge is -2.00. The maximum Gasteiger partial charge on any atom is 0.227 e. The van der Waals surface area contributed by atoms with Crippen molar-refractivity contribution < 1.29 is 9.15 Å². The number of oxazole rings is 1. The first-order valence-corrected chi connectivity index (χ1v) is 6.93. The van der Waals surface area contributed by atoms with E-state index in [1.807, 2.05) is 54.6 Å². The second-order valence-electron chi connectivity index (χ2n) is 4.23. The van der Waals surface area contributed by atoms with Gasteiger partial charge in [0.05, 0.1) is 7.11 Å². The summed E-state index contributed by atoms with van der Waals surface area (Å²) in [5.41, 5.74) is 1.90. The molecule has 0 unspecified atom stereocenters. The summed E-state index contributed by atoms with van der Waals surface area (Å²) < 4.78 is 11.7. The molecule has 3 aromatic rings. The summed E-state index contributed by atoms with van der Waals surface area (Å²) >= 11 is 3.45. The lowest BCUT2D eigenvalue weighted by atomic mass is 10.2. The van der Waals surface area contributed by atoms with Gasteiger partial charge >= 0.3 is 0 Å². The SMILES string of the molecule is COc1ccc(-c2nc(Br)c(-c3ccccc3)o2)cc1. The maximum absolute atomic E-state index is 5.86. The van der Waals surface area contributed by atoms with E-state index in [-0.39, 0.29) is 0 Å². The minimum Gasteiger partial charge on any atom is -0.497 e. The van der Waals surface area contributed by atoms with Crippen molar-refractivity contribution >= 4 is 15.9 Å². The van der Waals surface area contributed by atoms with Gasteiger partial charge in [0.1, 0.15) is 5.75 Å². The summed E-state index contributed by atoms with van der Waals surface area (Å²) in [4.78, 5) is 4.42. The van der Waals surface area contributed by atoms with Crippen molar-refractivity contribution in [2.75, 3.05) is 7.11 Å². The van der Waals surface area contributed by atoms with Gasteiger partial charge in [0.2, 0.25) is 5.89 Å². The topological polar surface area (TPSA) is 35.3 Å². The summed E-state index contributed by atoms with van der Waals surface area (Å²) in [6, 6.07) is 17.5. The van der Waals surface area contributed by atoms with Crippen molar-refractivity contribution in [3.8, 4) is 28.5 Å². The number of ether oxygens (including phenoxy) is 1. The highest BCUT2D eigenvalue weighted by atomic mass is 79.9. The average Bonchev–Trinajstić information content (AvgIpc) is 2.90. The summed E-state index contributed by atoms with van der Waals surface area (Å²) in [5.74, 6) is 2.12. The largest absolute Gasteiger partial charge is 0.497 e. The smallest absolute Gasteiger partial charge is 0.227 e. The molecule has 0 bridgehead atoms. The molecule has 1 aromatic heterocycles. The second-order valence-corrected chi connectivity index (χ2v) is 4.98. The number of rotatable bonds is 3. The molecule has 0 spiro atoms. The molecule has 0 radical (unpaired) electrons. The van der Waals surface area contributed by atoms with Gasteiger partial charge in [-0.05, 0) is 40.2 Å². The molecule has 0 atom stereocenters. The Hall–Kier alpha value is -2.07. The van der Waals surface area contributed by atoms with Gasteiger partial charge < -0.3 is 9.15 Å². The Morgan fingerprint density at radius 1 is 0.950 bits per heavy atom. The number of halogens is 1. The fraction of sp³-hybridized carbons (Fsp3) is 0.0625. The Kier molecular flexibility index (Phi) is 3.56. The quantitative estimate of drug-likeness (QED) is 0.693. The van der Waals surface area contributed by atoms with Gasteiger partial charge in [-0.2, -0.15) is 0 Å². The number of hydrogen-bond acceptors (Lipinski definition) is 3. The van der Waals surface area contributed by atoms with Crippen LogP contribution < -0.4 is 4.74 Å². The number of aromatic nitrogens is 1. The molecular formula is C16H12BrNO2. The highest BCUT2D eigenvalue weighted by molar-refractivity contribution is 9.10. The average molecular weight is 330 g/mol. The zero-order valence-corrected chi connectivity index (χ0v) is 12.4. The van der Waals surface area contributed by atoms with Crippen LogP contribution in [0.1, 0.15) is 0 Å². The van der Waals surface area contributed by atoms with Crippen molar-refractivity contribution in [1.82, 2.24) is 4.98 Å². The lowest BCUT2D eigenvalue weighted by Crippen LogP contribution is -1.82. The molecule has 4 heteroatoms. The van der Waals surface area contributed by atoms with Crippen LogP contribution in [0.2, 0.25) is 0 Å². The Bertz CT molecular complexity index is 705. The standard InChI is InChI=1S/C16H12BrNO2/c1-19-13-9-7-12(8-10-13)16-18-15(17)14(20-16)11-5-3-2-4-6-11/h2-10H,1H3. The second kappa shape index (κ2) is 5.51. The first-order valence-electron chi connectivity index (χ1n) is 6.14. The highest BCUT2D eigenvalue weighted by Gasteiger charge is 2.14. The minimum atomic E-state index is 0.582. The monoisotopic (exact) mass is 329 g/mol. The van der Waals surface area contributed by atoms with Gasteiger partial charge in [0.15, 0.2) is 10.4 Å². The van der Waals surface area contributed by atoms with Crippen LogP contribution in [0.4, 0.5) is 0 Å². The lowest BCUT2D eigenvalue weighted by molar-refractivity contribution is 0.415. The van der Waals surface area contributed by atoms with E-state index in [0.29, 0.717) is 10.5 Å². The molecule has 0 N–H and O–H groups in total. The zero-order chi connectivity index (χ0) is 13.9. The molecule has 20 heavy (non-hydrogen) atoms. The summed E-state index contributed by atoms with van der Waals surface area (Å²) in [7, 11) is 1.64. The maximum atomic E-state index is 5.86. The summed E-state index contributed by atoms with van der Waals surface area (Å²) in [5, 5.41) is 0. The van der Waals surface area contributed by atoms with Crippen LogP contribution >= 0.6 is 15.9 Å². The first-order chi connectivity index (χ1) is 9.78. The van der Waals surface area contributed by atoms with Crippen molar-refractivity contribution in [2.45, 2.75) is 0 Å². The van der Waals surface area contributed by atoms with Crippen LogP contribution in [0.15, 0.2) is 63.6 Å². The fourth-order valence-electron chi connectivity index (χ4n) is 1.93. The molecule has 0 fully saturated rings. The van der Waals surface area contributed by atoms with Gasteiger partial charge in [-0.25, -0.2) is 4.98 Å². The van der Waals surface area contributed by atoms with Gasteiger partial charge in [0, 0.05) is 11.1 Å². The molecule has 3 nitrogen and oxygen atoms in total. The van der Waals surface area contributed by atoms with E-state index in [2.05, 4.69) is 20.9 Å². The van der Waals surface area contributed by atoms with Crippen LogP contribution in [0.3, 0.4) is 0 Å². The third-order valence-electron chi connectivity index (χ3n) is 2.96. The predicted octanol–water partition coefficient (Wildman–Crippen LogP) is 4.78. The van der Waals surface area contributed by atoms with Crippen LogP contribution in [0.5, 0.6) is 5.75 Å². The molecule has 3 rings (SSSR count). The van der Waals surface area contributed by atoms with E-state index >= 15 is 0 Å². The van der Waals surface area contributed by atoms with Crippen LogP contribution in [0, 0.1) is 0 Å². The van der Waals surface area contributed by atoms with Crippen molar-refractivity contribution in [1.29, 1.82) is 0 Å². The van der Waals surface area contributed by atoms with Crippen LogP contribution in [0.25, 0.3) is 22.8 Å².